The van der Waals surface area contributed by atoms with Gasteiger partial charge in [-0.15, -0.1) is 0 Å². The first-order valence-corrected chi connectivity index (χ1v) is 8.44. The Labute approximate surface area is 146 Å². The zero-order valence-electron chi connectivity index (χ0n) is 14.0. The fourth-order valence-corrected chi connectivity index (χ4v) is 2.59. The number of para-hydroxylation sites is 1. The maximum absolute atomic E-state index is 12.4. The van der Waals surface area contributed by atoms with E-state index in [1.165, 1.54) is 0 Å². The molecule has 1 aromatic heterocycles. The van der Waals surface area contributed by atoms with Crippen LogP contribution in [0, 0.1) is 0 Å². The van der Waals surface area contributed by atoms with Crippen LogP contribution in [-0.2, 0) is 4.74 Å². The zero-order chi connectivity index (χ0) is 17.3. The van der Waals surface area contributed by atoms with Gasteiger partial charge in [-0.25, -0.2) is 4.98 Å². The molecule has 2 heterocycles. The molecule has 0 saturated carbocycles. The molecule has 7 heteroatoms. The molecule has 2 aromatic rings. The summed E-state index contributed by atoms with van der Waals surface area (Å²) in [5, 5.41) is 5.97. The zero-order valence-corrected chi connectivity index (χ0v) is 14.0. The van der Waals surface area contributed by atoms with Gasteiger partial charge in [0.15, 0.2) is 0 Å². The first kappa shape index (κ1) is 17.2. The minimum Gasteiger partial charge on any atom is -0.490 e. The fourth-order valence-electron chi connectivity index (χ4n) is 2.59. The van der Waals surface area contributed by atoms with Crippen LogP contribution in [0.25, 0.3) is 0 Å². The standard InChI is InChI=1S/C18H22N4O3/c23-18(22-10-9-21-17-12-19-7-8-20-17)15-5-1-2-6-16(15)25-13-14-4-3-11-24-14/h1-2,5-8,12,14H,3-4,9-11,13H2,(H,20,21)(H,22,23). The number of aromatic nitrogens is 2. The van der Waals surface area contributed by atoms with Crippen LogP contribution in [0.15, 0.2) is 42.9 Å². The second-order valence-corrected chi connectivity index (χ2v) is 5.72. The monoisotopic (exact) mass is 342 g/mol. The number of rotatable bonds is 8. The number of ether oxygens (including phenoxy) is 2. The highest BCUT2D eigenvalue weighted by Gasteiger charge is 2.18. The topological polar surface area (TPSA) is 85.4 Å². The molecule has 3 rings (SSSR count). The van der Waals surface area contributed by atoms with E-state index in [1.807, 2.05) is 18.2 Å². The number of nitrogens with one attached hydrogen (secondary N) is 2. The lowest BCUT2D eigenvalue weighted by Gasteiger charge is -2.14. The van der Waals surface area contributed by atoms with Crippen molar-refractivity contribution in [3.05, 3.63) is 48.4 Å². The molecular formula is C18H22N4O3. The number of hydrogen-bond donors (Lipinski definition) is 2. The number of carbonyl (C=O) groups is 1. The van der Waals surface area contributed by atoms with Gasteiger partial charge in [-0.1, -0.05) is 12.1 Å². The molecule has 7 nitrogen and oxygen atoms in total. The van der Waals surface area contributed by atoms with E-state index in [0.717, 1.165) is 19.4 Å². The van der Waals surface area contributed by atoms with E-state index in [2.05, 4.69) is 20.6 Å². The predicted molar refractivity (Wildman–Crippen MR) is 93.8 cm³/mol. The van der Waals surface area contributed by atoms with Gasteiger partial charge >= 0.3 is 0 Å². The van der Waals surface area contributed by atoms with Crippen LogP contribution >= 0.6 is 0 Å². The van der Waals surface area contributed by atoms with Crippen LogP contribution in [0.2, 0.25) is 0 Å². The molecule has 1 aromatic carbocycles. The maximum atomic E-state index is 12.4. The SMILES string of the molecule is O=C(NCCNc1cnccn1)c1ccccc1OCC1CCCO1. The summed E-state index contributed by atoms with van der Waals surface area (Å²) in [6.45, 7) is 2.28. The van der Waals surface area contributed by atoms with E-state index in [0.29, 0.717) is 36.8 Å². The van der Waals surface area contributed by atoms with E-state index in [4.69, 9.17) is 9.47 Å². The third-order valence-corrected chi connectivity index (χ3v) is 3.86. The van der Waals surface area contributed by atoms with Gasteiger partial charge in [-0.05, 0) is 25.0 Å². The highest BCUT2D eigenvalue weighted by molar-refractivity contribution is 5.96. The van der Waals surface area contributed by atoms with Gasteiger partial charge in [-0.3, -0.25) is 9.78 Å². The maximum Gasteiger partial charge on any atom is 0.255 e. The van der Waals surface area contributed by atoms with Gasteiger partial charge in [0.25, 0.3) is 5.91 Å². The van der Waals surface area contributed by atoms with E-state index < -0.39 is 0 Å². The molecule has 0 bridgehead atoms. The molecule has 1 atom stereocenters. The summed E-state index contributed by atoms with van der Waals surface area (Å²) in [5.74, 6) is 1.10. The summed E-state index contributed by atoms with van der Waals surface area (Å²) in [6, 6.07) is 7.25. The van der Waals surface area contributed by atoms with Crippen LogP contribution in [0.1, 0.15) is 23.2 Å². The molecule has 2 N–H and O–H groups in total. The molecule has 1 aliphatic heterocycles. The fraction of sp³-hybridized carbons (Fsp3) is 0.389. The second-order valence-electron chi connectivity index (χ2n) is 5.72. The number of carbonyl (C=O) groups excluding carboxylic acids is 1. The molecule has 25 heavy (non-hydrogen) atoms. The predicted octanol–water partition coefficient (Wildman–Crippen LogP) is 1.88. The van der Waals surface area contributed by atoms with Gasteiger partial charge < -0.3 is 20.1 Å². The lowest BCUT2D eigenvalue weighted by atomic mass is 10.2. The van der Waals surface area contributed by atoms with Crippen molar-refractivity contribution < 1.29 is 14.3 Å². The molecule has 1 unspecified atom stereocenters. The van der Waals surface area contributed by atoms with Crippen LogP contribution in [0.3, 0.4) is 0 Å². The summed E-state index contributed by atoms with van der Waals surface area (Å²) in [6.07, 6.45) is 7.04. The van der Waals surface area contributed by atoms with Gasteiger partial charge in [0.05, 0.1) is 17.9 Å². The summed E-state index contributed by atoms with van der Waals surface area (Å²) >= 11 is 0. The van der Waals surface area contributed by atoms with Crippen LogP contribution in [-0.4, -0.2) is 48.3 Å². The number of benzene rings is 1. The van der Waals surface area contributed by atoms with E-state index in [9.17, 15) is 4.79 Å². The van der Waals surface area contributed by atoms with Crippen molar-refractivity contribution in [2.24, 2.45) is 0 Å². The molecule has 0 radical (unpaired) electrons. The molecule has 1 fully saturated rings. The summed E-state index contributed by atoms with van der Waals surface area (Å²) in [4.78, 5) is 20.5. The molecule has 1 amide bonds. The number of nitrogens with zero attached hydrogens (tertiary/aromatic N) is 2. The number of anilines is 1. The quantitative estimate of drug-likeness (QED) is 0.713. The van der Waals surface area contributed by atoms with Crippen LogP contribution in [0.5, 0.6) is 5.75 Å². The summed E-state index contributed by atoms with van der Waals surface area (Å²) in [7, 11) is 0. The molecular weight excluding hydrogens is 320 g/mol. The van der Waals surface area contributed by atoms with Gasteiger partial charge in [0, 0.05) is 32.1 Å². The summed E-state index contributed by atoms with van der Waals surface area (Å²) in [5.41, 5.74) is 0.528. The number of amides is 1. The molecule has 132 valence electrons. The Morgan fingerprint density at radius 2 is 2.20 bits per heavy atom. The Hall–Kier alpha value is -2.67. The van der Waals surface area contributed by atoms with Crippen LogP contribution < -0.4 is 15.4 Å². The molecule has 1 saturated heterocycles. The van der Waals surface area contributed by atoms with Crippen molar-refractivity contribution in [1.82, 2.24) is 15.3 Å². The highest BCUT2D eigenvalue weighted by Crippen LogP contribution is 2.20. The largest absolute Gasteiger partial charge is 0.490 e. The van der Waals surface area contributed by atoms with E-state index in [1.54, 1.807) is 24.7 Å². The Morgan fingerprint density at radius 1 is 1.28 bits per heavy atom. The van der Waals surface area contributed by atoms with E-state index in [-0.39, 0.29) is 12.0 Å². The summed E-state index contributed by atoms with van der Waals surface area (Å²) < 4.78 is 11.3. The Morgan fingerprint density at radius 3 is 3.00 bits per heavy atom. The Kier molecular flexibility index (Phi) is 6.17. The van der Waals surface area contributed by atoms with Crippen molar-refractivity contribution in [1.29, 1.82) is 0 Å². The second kappa shape index (κ2) is 8.98. The minimum absolute atomic E-state index is 0.118. The lowest BCUT2D eigenvalue weighted by molar-refractivity contribution is 0.0670. The normalized spacial score (nSPS) is 16.4. The van der Waals surface area contributed by atoms with Crippen molar-refractivity contribution in [3.63, 3.8) is 0 Å². The van der Waals surface area contributed by atoms with Crippen molar-refractivity contribution in [2.45, 2.75) is 18.9 Å². The first-order chi connectivity index (χ1) is 12.3. The lowest BCUT2D eigenvalue weighted by Crippen LogP contribution is -2.29. The average molecular weight is 342 g/mol. The van der Waals surface area contributed by atoms with Crippen molar-refractivity contribution >= 4 is 11.7 Å². The van der Waals surface area contributed by atoms with Crippen LogP contribution in [0.4, 0.5) is 5.82 Å². The number of hydrogen-bond acceptors (Lipinski definition) is 6. The van der Waals surface area contributed by atoms with Gasteiger partial charge in [-0.2, -0.15) is 0 Å². The highest BCUT2D eigenvalue weighted by atomic mass is 16.5. The third kappa shape index (κ3) is 5.15. The van der Waals surface area contributed by atoms with E-state index >= 15 is 0 Å². The molecule has 0 aliphatic carbocycles. The third-order valence-electron chi connectivity index (χ3n) is 3.86. The van der Waals surface area contributed by atoms with Crippen molar-refractivity contribution in [2.75, 3.05) is 31.6 Å². The smallest absolute Gasteiger partial charge is 0.255 e. The van der Waals surface area contributed by atoms with Gasteiger partial charge in [0.1, 0.15) is 18.2 Å². The average Bonchev–Trinajstić information content (AvgIpc) is 3.18. The molecule has 1 aliphatic rings. The van der Waals surface area contributed by atoms with Gasteiger partial charge in [0.2, 0.25) is 0 Å². The molecule has 0 spiro atoms. The minimum atomic E-state index is -0.163. The Balaban J connectivity index is 1.47. The first-order valence-electron chi connectivity index (χ1n) is 8.44. The van der Waals surface area contributed by atoms with Crippen molar-refractivity contribution in [3.8, 4) is 5.75 Å². The Bertz CT molecular complexity index is 675.